The van der Waals surface area contributed by atoms with Gasteiger partial charge < -0.3 is 10.3 Å². The van der Waals surface area contributed by atoms with Crippen molar-refractivity contribution >= 4 is 16.7 Å². The Labute approximate surface area is 136 Å². The highest BCUT2D eigenvalue weighted by molar-refractivity contribution is 5.95. The minimum Gasteiger partial charge on any atom is -0.366 e. The summed E-state index contributed by atoms with van der Waals surface area (Å²) in [6.45, 7) is 2.18. The van der Waals surface area contributed by atoms with E-state index in [0.717, 1.165) is 29.0 Å². The molecule has 1 fully saturated rings. The number of anilines is 1. The van der Waals surface area contributed by atoms with E-state index in [1.54, 1.807) is 0 Å². The fourth-order valence-corrected chi connectivity index (χ4v) is 3.44. The fraction of sp³-hybridized carbons (Fsp3) is 0.368. The molecule has 0 amide bonds. The summed E-state index contributed by atoms with van der Waals surface area (Å²) in [4.78, 5) is 12.5. The number of aromatic nitrogens is 3. The number of hydrogen-bond acceptors (Lipinski definition) is 3. The van der Waals surface area contributed by atoms with Gasteiger partial charge >= 0.3 is 0 Å². The topological polar surface area (TPSA) is 53.6 Å². The molecule has 23 heavy (non-hydrogen) atoms. The number of H-pyrrole nitrogens is 1. The third-order valence-electron chi connectivity index (χ3n) is 4.77. The minimum atomic E-state index is 0.550. The standard InChI is InChI=1S/C19H22N4/c1-2-13-7-8-17-15(9-13)16(10-21-17)18-11-20-12-19(23-18)22-14-5-3-4-6-14/h7-12,14,21H,2-6H2,1H3,(H,22,23). The number of aryl methyl sites for hydroxylation is 1. The average molecular weight is 306 g/mol. The molecular weight excluding hydrogens is 284 g/mol. The second-order valence-electron chi connectivity index (χ2n) is 6.35. The summed E-state index contributed by atoms with van der Waals surface area (Å²) in [5.74, 6) is 0.885. The van der Waals surface area contributed by atoms with Crippen molar-refractivity contribution in [3.8, 4) is 11.3 Å². The molecule has 0 saturated heterocycles. The van der Waals surface area contributed by atoms with Crippen LogP contribution in [-0.2, 0) is 6.42 Å². The van der Waals surface area contributed by atoms with Gasteiger partial charge in [-0.05, 0) is 37.0 Å². The van der Waals surface area contributed by atoms with Crippen LogP contribution < -0.4 is 5.32 Å². The SMILES string of the molecule is CCc1ccc2[nH]cc(-c3cncc(NC4CCCC4)n3)c2c1. The van der Waals surface area contributed by atoms with Crippen LogP contribution in [0.25, 0.3) is 22.2 Å². The van der Waals surface area contributed by atoms with E-state index in [0.29, 0.717) is 6.04 Å². The molecule has 1 aliphatic rings. The molecule has 4 heteroatoms. The maximum Gasteiger partial charge on any atom is 0.145 e. The van der Waals surface area contributed by atoms with Crippen LogP contribution in [0.4, 0.5) is 5.82 Å². The van der Waals surface area contributed by atoms with Gasteiger partial charge in [-0.25, -0.2) is 4.98 Å². The van der Waals surface area contributed by atoms with Crippen molar-refractivity contribution in [3.63, 3.8) is 0 Å². The first-order valence-electron chi connectivity index (χ1n) is 8.52. The van der Waals surface area contributed by atoms with Crippen LogP contribution in [0.3, 0.4) is 0 Å². The first-order chi connectivity index (χ1) is 11.3. The van der Waals surface area contributed by atoms with E-state index in [-0.39, 0.29) is 0 Å². The van der Waals surface area contributed by atoms with Gasteiger partial charge in [0.05, 0.1) is 18.1 Å². The third-order valence-corrected chi connectivity index (χ3v) is 4.77. The summed E-state index contributed by atoms with van der Waals surface area (Å²) in [7, 11) is 0. The lowest BCUT2D eigenvalue weighted by molar-refractivity contribution is 0.749. The maximum atomic E-state index is 4.79. The monoisotopic (exact) mass is 306 g/mol. The largest absolute Gasteiger partial charge is 0.366 e. The molecule has 0 unspecified atom stereocenters. The average Bonchev–Trinajstić information content (AvgIpc) is 3.23. The molecule has 3 aromatic rings. The molecule has 2 N–H and O–H groups in total. The number of nitrogens with zero attached hydrogens (tertiary/aromatic N) is 2. The lowest BCUT2D eigenvalue weighted by Gasteiger charge is -2.12. The molecule has 4 nitrogen and oxygen atoms in total. The number of nitrogens with one attached hydrogen (secondary N) is 2. The molecule has 0 atom stereocenters. The molecule has 0 radical (unpaired) electrons. The van der Waals surface area contributed by atoms with E-state index in [1.807, 2.05) is 18.6 Å². The van der Waals surface area contributed by atoms with Crippen LogP contribution >= 0.6 is 0 Å². The Hall–Kier alpha value is -2.36. The van der Waals surface area contributed by atoms with E-state index < -0.39 is 0 Å². The van der Waals surface area contributed by atoms with Crippen LogP contribution in [0.15, 0.2) is 36.8 Å². The van der Waals surface area contributed by atoms with Crippen LogP contribution in [-0.4, -0.2) is 21.0 Å². The summed E-state index contributed by atoms with van der Waals surface area (Å²) < 4.78 is 0. The Morgan fingerprint density at radius 3 is 2.91 bits per heavy atom. The molecule has 118 valence electrons. The molecule has 0 spiro atoms. The highest BCUT2D eigenvalue weighted by atomic mass is 15.0. The van der Waals surface area contributed by atoms with Crippen molar-refractivity contribution in [2.24, 2.45) is 0 Å². The summed E-state index contributed by atoms with van der Waals surface area (Å²) in [6, 6.07) is 7.12. The summed E-state index contributed by atoms with van der Waals surface area (Å²) in [6.07, 6.45) is 11.8. The molecular formula is C19H22N4. The number of benzene rings is 1. The number of aromatic amines is 1. The highest BCUT2D eigenvalue weighted by Crippen LogP contribution is 2.29. The van der Waals surface area contributed by atoms with Gasteiger partial charge in [0.15, 0.2) is 0 Å². The van der Waals surface area contributed by atoms with Gasteiger partial charge in [-0.2, -0.15) is 0 Å². The van der Waals surface area contributed by atoms with E-state index in [1.165, 1.54) is 36.6 Å². The predicted octanol–water partition coefficient (Wildman–Crippen LogP) is 4.54. The molecule has 2 heterocycles. The van der Waals surface area contributed by atoms with Gasteiger partial charge in [-0.15, -0.1) is 0 Å². The van der Waals surface area contributed by atoms with Crippen LogP contribution in [0.5, 0.6) is 0 Å². The van der Waals surface area contributed by atoms with Crippen molar-refractivity contribution in [2.45, 2.75) is 45.1 Å². The van der Waals surface area contributed by atoms with Gasteiger partial charge in [0, 0.05) is 28.7 Å². The normalized spacial score (nSPS) is 15.3. The fourth-order valence-electron chi connectivity index (χ4n) is 3.44. The number of fused-ring (bicyclic) bond motifs is 1. The molecule has 1 aromatic carbocycles. The summed E-state index contributed by atoms with van der Waals surface area (Å²) in [5.41, 5.74) is 4.53. The van der Waals surface area contributed by atoms with Gasteiger partial charge in [0.25, 0.3) is 0 Å². The predicted molar refractivity (Wildman–Crippen MR) is 94.6 cm³/mol. The van der Waals surface area contributed by atoms with Gasteiger partial charge in [-0.1, -0.05) is 25.8 Å². The second-order valence-corrected chi connectivity index (χ2v) is 6.35. The van der Waals surface area contributed by atoms with E-state index in [2.05, 4.69) is 40.4 Å². The number of rotatable bonds is 4. The molecule has 1 saturated carbocycles. The maximum absolute atomic E-state index is 4.79. The lowest BCUT2D eigenvalue weighted by atomic mass is 10.1. The lowest BCUT2D eigenvalue weighted by Crippen LogP contribution is -2.15. The highest BCUT2D eigenvalue weighted by Gasteiger charge is 2.16. The Bertz CT molecular complexity index is 815. The van der Waals surface area contributed by atoms with E-state index in [4.69, 9.17) is 4.98 Å². The Morgan fingerprint density at radius 2 is 2.09 bits per heavy atom. The van der Waals surface area contributed by atoms with Gasteiger partial charge in [-0.3, -0.25) is 4.98 Å². The first kappa shape index (κ1) is 14.2. The van der Waals surface area contributed by atoms with Crippen molar-refractivity contribution in [2.75, 3.05) is 5.32 Å². The summed E-state index contributed by atoms with van der Waals surface area (Å²) in [5, 5.41) is 4.75. The quantitative estimate of drug-likeness (QED) is 0.744. The van der Waals surface area contributed by atoms with Crippen LogP contribution in [0.1, 0.15) is 38.2 Å². The van der Waals surface area contributed by atoms with Gasteiger partial charge in [0.1, 0.15) is 5.82 Å². The second kappa shape index (κ2) is 6.03. The van der Waals surface area contributed by atoms with Crippen LogP contribution in [0, 0.1) is 0 Å². The zero-order valence-corrected chi connectivity index (χ0v) is 13.5. The molecule has 0 aliphatic heterocycles. The molecule has 2 aromatic heterocycles. The Balaban J connectivity index is 1.69. The third kappa shape index (κ3) is 2.81. The van der Waals surface area contributed by atoms with Crippen molar-refractivity contribution in [1.29, 1.82) is 0 Å². The molecule has 4 rings (SSSR count). The van der Waals surface area contributed by atoms with Crippen molar-refractivity contribution in [3.05, 3.63) is 42.4 Å². The van der Waals surface area contributed by atoms with Crippen LogP contribution in [0.2, 0.25) is 0 Å². The Morgan fingerprint density at radius 1 is 1.22 bits per heavy atom. The molecule has 0 bridgehead atoms. The molecule has 1 aliphatic carbocycles. The number of hydrogen-bond donors (Lipinski definition) is 2. The van der Waals surface area contributed by atoms with Crippen molar-refractivity contribution in [1.82, 2.24) is 15.0 Å². The Kier molecular flexibility index (Phi) is 3.74. The zero-order valence-electron chi connectivity index (χ0n) is 13.5. The summed E-state index contributed by atoms with van der Waals surface area (Å²) >= 11 is 0. The smallest absolute Gasteiger partial charge is 0.145 e. The zero-order chi connectivity index (χ0) is 15.6. The van der Waals surface area contributed by atoms with Gasteiger partial charge in [0.2, 0.25) is 0 Å². The van der Waals surface area contributed by atoms with E-state index in [9.17, 15) is 0 Å². The first-order valence-corrected chi connectivity index (χ1v) is 8.52. The van der Waals surface area contributed by atoms with Crippen molar-refractivity contribution < 1.29 is 0 Å². The van der Waals surface area contributed by atoms with E-state index >= 15 is 0 Å². The minimum absolute atomic E-state index is 0.550.